The number of hydrogen-bond acceptors (Lipinski definition) is 25. The number of carboxylic acid groups (broad SMARTS) is 1. The number of carbonyl (C=O) groups excluding carboxylic acids is 2. The highest BCUT2D eigenvalue weighted by atomic mass is 16.8. The van der Waals surface area contributed by atoms with Crippen LogP contribution in [-0.4, -0.2) is 245 Å². The minimum Gasteiger partial charge on any atom is -0.481 e. The Morgan fingerprint density at radius 1 is 0.637 bits per heavy atom. The molecule has 14 N–H and O–H groups in total. The van der Waals surface area contributed by atoms with Crippen LogP contribution in [-0.2, 0) is 57.0 Å². The molecule has 29 atom stereocenters. The predicted octanol–water partition coefficient (Wildman–Crippen LogP) is -3.18. The van der Waals surface area contributed by atoms with Gasteiger partial charge in [0.05, 0.1) is 44.7 Å². The molecule has 80 heavy (non-hydrogen) atoms. The summed E-state index contributed by atoms with van der Waals surface area (Å²) in [6.07, 6.45) is -30.9. The number of ether oxygens (including phenoxy) is 9. The van der Waals surface area contributed by atoms with Gasteiger partial charge < -0.3 is 114 Å². The van der Waals surface area contributed by atoms with E-state index in [4.69, 9.17) is 42.6 Å². The first-order valence-electron chi connectivity index (χ1n) is 27.9. The SMILES string of the molecule is CC(=O)OC1C(OC2C(OC(=O)C34CCC(C)(C)CC3C3=CCC5C6(C)CC(O)C(OC7OC(CO)C(O)C(O)C7O)C(CO)(C(=O)O)C6CCC5(C)C3(C)CC4O)OCC(O)C2O)OC(C)C(OC2OCC(O)C(O)C2O)C1O. The van der Waals surface area contributed by atoms with Crippen LogP contribution < -0.4 is 0 Å². The quantitative estimate of drug-likeness (QED) is 0.0520. The van der Waals surface area contributed by atoms with Gasteiger partial charge in [-0.1, -0.05) is 46.3 Å². The third-order valence-electron chi connectivity index (χ3n) is 21.0. The lowest BCUT2D eigenvalue weighted by molar-refractivity contribution is -0.369. The third-order valence-corrected chi connectivity index (χ3v) is 21.0. The monoisotopic (exact) mass is 1150 g/mol. The van der Waals surface area contributed by atoms with Gasteiger partial charge in [-0.05, 0) is 97.7 Å². The lowest BCUT2D eigenvalue weighted by atomic mass is 9.33. The number of aliphatic hydroxyl groups excluding tert-OH is 13. The predicted molar refractivity (Wildman–Crippen MR) is 265 cm³/mol. The van der Waals surface area contributed by atoms with Crippen molar-refractivity contribution < 1.29 is 129 Å². The van der Waals surface area contributed by atoms with Crippen LogP contribution in [0.3, 0.4) is 0 Å². The van der Waals surface area contributed by atoms with Gasteiger partial charge in [0.15, 0.2) is 31.1 Å². The summed E-state index contributed by atoms with van der Waals surface area (Å²) in [7, 11) is 0. The van der Waals surface area contributed by atoms with Gasteiger partial charge in [0, 0.05) is 6.92 Å². The summed E-state index contributed by atoms with van der Waals surface area (Å²) in [6, 6.07) is 0. The highest BCUT2D eigenvalue weighted by Crippen LogP contribution is 2.76. The Labute approximate surface area is 462 Å². The van der Waals surface area contributed by atoms with Gasteiger partial charge in [-0.25, -0.2) is 0 Å². The number of esters is 2. The first-order chi connectivity index (χ1) is 37.4. The minimum absolute atomic E-state index is 0.0162. The number of fused-ring (bicyclic) bond motifs is 7. The maximum Gasteiger partial charge on any atom is 0.317 e. The molecule has 4 saturated carbocycles. The van der Waals surface area contributed by atoms with Crippen LogP contribution in [0.15, 0.2) is 11.6 Å². The third kappa shape index (κ3) is 9.78. The van der Waals surface area contributed by atoms with E-state index in [1.54, 1.807) is 0 Å². The zero-order valence-corrected chi connectivity index (χ0v) is 46.1. The van der Waals surface area contributed by atoms with E-state index in [0.29, 0.717) is 25.7 Å². The maximum atomic E-state index is 15.4. The van der Waals surface area contributed by atoms with E-state index in [2.05, 4.69) is 26.8 Å². The first-order valence-corrected chi connectivity index (χ1v) is 27.9. The largest absolute Gasteiger partial charge is 0.481 e. The molecule has 0 aromatic rings. The summed E-state index contributed by atoms with van der Waals surface area (Å²) in [6.45, 7) is 9.84. The molecular formula is C54H84O26. The molecule has 0 radical (unpaired) electrons. The van der Waals surface area contributed by atoms with Gasteiger partial charge >= 0.3 is 17.9 Å². The first kappa shape index (κ1) is 61.9. The lowest BCUT2D eigenvalue weighted by Crippen LogP contribution is -2.72. The van der Waals surface area contributed by atoms with Crippen molar-refractivity contribution in [1.82, 2.24) is 0 Å². The van der Waals surface area contributed by atoms with E-state index in [1.807, 2.05) is 13.8 Å². The van der Waals surface area contributed by atoms with Crippen molar-refractivity contribution in [2.24, 2.45) is 50.2 Å². The molecule has 0 bridgehead atoms. The van der Waals surface area contributed by atoms with Crippen LogP contribution in [0.25, 0.3) is 0 Å². The molecule has 0 spiro atoms. The Morgan fingerprint density at radius 3 is 1.91 bits per heavy atom. The van der Waals surface area contributed by atoms with E-state index < -0.39 is 218 Å². The Balaban J connectivity index is 0.995. The molecular weight excluding hydrogens is 1060 g/mol. The molecule has 4 aliphatic heterocycles. The smallest absolute Gasteiger partial charge is 0.317 e. The molecule has 5 aliphatic carbocycles. The van der Waals surface area contributed by atoms with Crippen LogP contribution in [0.1, 0.15) is 99.8 Å². The molecule has 0 amide bonds. The number of hydrogen-bond donors (Lipinski definition) is 14. The van der Waals surface area contributed by atoms with Crippen molar-refractivity contribution >= 4 is 17.9 Å². The highest BCUT2D eigenvalue weighted by Gasteiger charge is 2.75. The Kier molecular flexibility index (Phi) is 17.3. The summed E-state index contributed by atoms with van der Waals surface area (Å²) in [4.78, 5) is 41.8. The van der Waals surface area contributed by atoms with Crippen molar-refractivity contribution in [3.05, 3.63) is 11.6 Å². The standard InChI is InChI=1S/C54H84O26/c1-21-39(77-43-36(66)32(62)26(59)18-72-43)38(68)41(75-22(2)57)46(74-21)78-40-33(63)27(60)19-73-45(40)80-48(71)53-13-12-49(3,4)14-24(53)23-8-9-29-50(5)15-25(58)42(79-44-37(67)35(65)34(64)28(17-55)76-44)54(20-56,47(69)70)30(50)10-11-51(29,6)52(23,7)16-31(53)61/h8,21,24-46,55-56,58-68H,9-20H2,1-7H3,(H,69,70). The van der Waals surface area contributed by atoms with Crippen LogP contribution in [0.4, 0.5) is 0 Å². The van der Waals surface area contributed by atoms with Crippen molar-refractivity contribution in [3.8, 4) is 0 Å². The molecule has 9 rings (SSSR count). The average molecular weight is 1150 g/mol. The van der Waals surface area contributed by atoms with Gasteiger partial charge in [-0.3, -0.25) is 14.4 Å². The lowest BCUT2D eigenvalue weighted by Gasteiger charge is -2.72. The van der Waals surface area contributed by atoms with Crippen LogP contribution >= 0.6 is 0 Å². The normalized spacial score (nSPS) is 52.9. The van der Waals surface area contributed by atoms with Gasteiger partial charge in [0.2, 0.25) is 6.29 Å². The number of aliphatic carboxylic acids is 1. The summed E-state index contributed by atoms with van der Waals surface area (Å²) in [5.41, 5.74) is -6.01. The van der Waals surface area contributed by atoms with E-state index in [0.717, 1.165) is 12.5 Å². The fraction of sp³-hybridized carbons (Fsp3) is 0.907. The molecule has 0 aromatic heterocycles. The van der Waals surface area contributed by atoms with Crippen molar-refractivity contribution in [3.63, 3.8) is 0 Å². The summed E-state index contributed by atoms with van der Waals surface area (Å²) >= 11 is 0. The van der Waals surface area contributed by atoms with E-state index in [9.17, 15) is 81.1 Å². The Bertz CT molecular complexity index is 2300. The molecule has 4 saturated heterocycles. The summed E-state index contributed by atoms with van der Waals surface area (Å²) < 4.78 is 52.8. The molecule has 26 nitrogen and oxygen atoms in total. The minimum atomic E-state index is -2.20. The number of allylic oxidation sites excluding steroid dienone is 2. The zero-order chi connectivity index (χ0) is 58.7. The van der Waals surface area contributed by atoms with Crippen LogP contribution in [0, 0.1) is 50.2 Å². The van der Waals surface area contributed by atoms with Crippen LogP contribution in [0.5, 0.6) is 0 Å². The second-order valence-electron chi connectivity index (χ2n) is 25.9. The van der Waals surface area contributed by atoms with Crippen molar-refractivity contribution in [1.29, 1.82) is 0 Å². The van der Waals surface area contributed by atoms with Gasteiger partial charge in [-0.15, -0.1) is 0 Å². The topological polar surface area (TPSA) is 418 Å². The fourth-order valence-corrected chi connectivity index (χ4v) is 16.4. The highest BCUT2D eigenvalue weighted by molar-refractivity contribution is 5.80. The average Bonchev–Trinajstić information content (AvgIpc) is 1.81. The van der Waals surface area contributed by atoms with Crippen molar-refractivity contribution in [2.75, 3.05) is 26.4 Å². The van der Waals surface area contributed by atoms with Crippen molar-refractivity contribution in [2.45, 2.75) is 229 Å². The van der Waals surface area contributed by atoms with E-state index in [1.165, 1.54) is 6.92 Å². The molecule has 9 aliphatic rings. The molecule has 0 aromatic carbocycles. The molecule has 26 heteroatoms. The van der Waals surface area contributed by atoms with Gasteiger partial charge in [0.1, 0.15) is 84.1 Å². The summed E-state index contributed by atoms with van der Waals surface area (Å²) in [5, 5.41) is 154. The second kappa shape index (κ2) is 22.3. The van der Waals surface area contributed by atoms with E-state index in [-0.39, 0.29) is 31.1 Å². The van der Waals surface area contributed by atoms with Gasteiger partial charge in [0.25, 0.3) is 0 Å². The molecule has 29 unspecified atom stereocenters. The molecule has 4 heterocycles. The molecule has 8 fully saturated rings. The fourth-order valence-electron chi connectivity index (χ4n) is 16.4. The number of rotatable bonds is 12. The zero-order valence-electron chi connectivity index (χ0n) is 46.1. The summed E-state index contributed by atoms with van der Waals surface area (Å²) in [5.74, 6) is -5.24. The number of carboxylic acids is 1. The maximum absolute atomic E-state index is 15.4. The Morgan fingerprint density at radius 2 is 1.27 bits per heavy atom. The number of aliphatic hydroxyl groups is 13. The molecule has 456 valence electrons. The second-order valence-corrected chi connectivity index (χ2v) is 25.9. The van der Waals surface area contributed by atoms with E-state index >= 15 is 4.79 Å². The number of carbonyl (C=O) groups is 3. The van der Waals surface area contributed by atoms with Gasteiger partial charge in [-0.2, -0.15) is 0 Å². The Hall–Kier alpha value is -2.65. The van der Waals surface area contributed by atoms with Crippen LogP contribution in [0.2, 0.25) is 0 Å².